The molecule has 0 aromatic heterocycles. The lowest BCUT2D eigenvalue weighted by atomic mass is 9.99. The SMILES string of the molecule is CC(C)C[C@@H](C(=O)N[C@@H](Cc1ccc(OCc2ccccc2)cc1)C(=O)N1CCCCC1)N1CCOCC1. The van der Waals surface area contributed by atoms with Gasteiger partial charge in [-0.25, -0.2) is 0 Å². The van der Waals surface area contributed by atoms with Crippen LogP contribution in [0.15, 0.2) is 54.6 Å². The molecule has 0 spiro atoms. The lowest BCUT2D eigenvalue weighted by Crippen LogP contribution is -2.57. The quantitative estimate of drug-likeness (QED) is 0.483. The standard InChI is InChI=1S/C31H43N3O4/c1-24(2)21-29(33-17-19-37-20-18-33)30(35)32-28(31(36)34-15-7-4-8-16-34)22-25-11-13-27(14-12-25)38-23-26-9-5-3-6-10-26/h3,5-6,9-14,24,28-29H,4,7-8,15-23H2,1-2H3,(H,32,35)/t28-,29-/m0/s1. The molecule has 2 amide bonds. The number of carbonyl (C=O) groups is 2. The summed E-state index contributed by atoms with van der Waals surface area (Å²) in [6, 6.07) is 17.1. The maximum Gasteiger partial charge on any atom is 0.245 e. The lowest BCUT2D eigenvalue weighted by Gasteiger charge is -2.36. The number of ether oxygens (including phenoxy) is 2. The first-order chi connectivity index (χ1) is 18.5. The van der Waals surface area contributed by atoms with Gasteiger partial charge in [-0.2, -0.15) is 0 Å². The highest BCUT2D eigenvalue weighted by molar-refractivity contribution is 5.90. The van der Waals surface area contributed by atoms with Crippen molar-refractivity contribution < 1.29 is 19.1 Å². The van der Waals surface area contributed by atoms with Crippen LogP contribution in [0.2, 0.25) is 0 Å². The molecular weight excluding hydrogens is 478 g/mol. The Morgan fingerprint density at radius 3 is 2.24 bits per heavy atom. The summed E-state index contributed by atoms with van der Waals surface area (Å²) in [4.78, 5) is 31.4. The molecular formula is C31H43N3O4. The molecule has 2 saturated heterocycles. The highest BCUT2D eigenvalue weighted by Crippen LogP contribution is 2.19. The third-order valence-electron chi connectivity index (χ3n) is 7.38. The summed E-state index contributed by atoms with van der Waals surface area (Å²) in [5.74, 6) is 1.12. The van der Waals surface area contributed by atoms with Crippen molar-refractivity contribution in [2.75, 3.05) is 39.4 Å². The van der Waals surface area contributed by atoms with E-state index in [0.29, 0.717) is 32.2 Å². The average molecular weight is 522 g/mol. The molecule has 2 aliphatic heterocycles. The van der Waals surface area contributed by atoms with Gasteiger partial charge in [0.05, 0.1) is 19.3 Å². The second-order valence-electron chi connectivity index (χ2n) is 10.9. The smallest absolute Gasteiger partial charge is 0.245 e. The highest BCUT2D eigenvalue weighted by atomic mass is 16.5. The van der Waals surface area contributed by atoms with Crippen molar-refractivity contribution in [1.29, 1.82) is 0 Å². The molecule has 7 nitrogen and oxygen atoms in total. The van der Waals surface area contributed by atoms with Crippen molar-refractivity contribution in [3.05, 3.63) is 65.7 Å². The van der Waals surface area contributed by atoms with Crippen LogP contribution in [0.25, 0.3) is 0 Å². The van der Waals surface area contributed by atoms with E-state index in [4.69, 9.17) is 9.47 Å². The molecule has 0 bridgehead atoms. The fourth-order valence-electron chi connectivity index (χ4n) is 5.26. The lowest BCUT2D eigenvalue weighted by molar-refractivity contribution is -0.139. The van der Waals surface area contributed by atoms with Crippen LogP contribution in [0.1, 0.15) is 50.7 Å². The van der Waals surface area contributed by atoms with Crippen LogP contribution >= 0.6 is 0 Å². The molecule has 2 aromatic rings. The van der Waals surface area contributed by atoms with Gasteiger partial charge >= 0.3 is 0 Å². The van der Waals surface area contributed by atoms with E-state index in [1.807, 2.05) is 59.5 Å². The molecule has 2 atom stereocenters. The monoisotopic (exact) mass is 521 g/mol. The maximum absolute atomic E-state index is 13.7. The summed E-state index contributed by atoms with van der Waals surface area (Å²) in [7, 11) is 0. The number of hydrogen-bond acceptors (Lipinski definition) is 5. The van der Waals surface area contributed by atoms with Gasteiger partial charge in [-0.15, -0.1) is 0 Å². The number of piperidine rings is 1. The Kier molecular flexibility index (Phi) is 10.6. The highest BCUT2D eigenvalue weighted by Gasteiger charge is 2.33. The number of carbonyl (C=O) groups excluding carboxylic acids is 2. The van der Waals surface area contributed by atoms with Gasteiger partial charge in [0.25, 0.3) is 0 Å². The Bertz CT molecular complexity index is 1000. The van der Waals surface area contributed by atoms with Crippen LogP contribution in [0.3, 0.4) is 0 Å². The van der Waals surface area contributed by atoms with E-state index in [2.05, 4.69) is 24.1 Å². The molecule has 4 rings (SSSR count). The van der Waals surface area contributed by atoms with E-state index in [1.54, 1.807) is 0 Å². The summed E-state index contributed by atoms with van der Waals surface area (Å²) >= 11 is 0. The van der Waals surface area contributed by atoms with E-state index in [9.17, 15) is 9.59 Å². The molecule has 2 aliphatic rings. The van der Waals surface area contributed by atoms with Crippen LogP contribution in [0, 0.1) is 5.92 Å². The summed E-state index contributed by atoms with van der Waals surface area (Å²) in [5, 5.41) is 3.18. The molecule has 0 saturated carbocycles. The maximum atomic E-state index is 13.7. The van der Waals surface area contributed by atoms with E-state index >= 15 is 0 Å². The number of nitrogens with zero attached hydrogens (tertiary/aromatic N) is 2. The normalized spacial score (nSPS) is 18.1. The molecule has 38 heavy (non-hydrogen) atoms. The topological polar surface area (TPSA) is 71.1 Å². The minimum absolute atomic E-state index is 0.0210. The third kappa shape index (κ3) is 8.30. The molecule has 2 heterocycles. The molecule has 2 aromatic carbocycles. The van der Waals surface area contributed by atoms with Gasteiger partial charge in [-0.3, -0.25) is 14.5 Å². The number of likely N-dealkylation sites (tertiary alicyclic amines) is 1. The van der Waals surface area contributed by atoms with Gasteiger partial charge in [-0.05, 0) is 54.9 Å². The fourth-order valence-corrected chi connectivity index (χ4v) is 5.26. The predicted octanol–water partition coefficient (Wildman–Crippen LogP) is 4.05. The zero-order chi connectivity index (χ0) is 26.7. The van der Waals surface area contributed by atoms with Gasteiger partial charge < -0.3 is 19.7 Å². The average Bonchev–Trinajstić information content (AvgIpc) is 2.96. The van der Waals surface area contributed by atoms with Gasteiger partial charge in [0.15, 0.2) is 0 Å². The van der Waals surface area contributed by atoms with Crippen molar-refractivity contribution in [3.8, 4) is 5.75 Å². The predicted molar refractivity (Wildman–Crippen MR) is 149 cm³/mol. The van der Waals surface area contributed by atoms with Gasteiger partial charge in [-0.1, -0.05) is 56.3 Å². The number of amides is 2. The van der Waals surface area contributed by atoms with Crippen LogP contribution in [-0.2, 0) is 27.4 Å². The van der Waals surface area contributed by atoms with Crippen molar-refractivity contribution in [3.63, 3.8) is 0 Å². The van der Waals surface area contributed by atoms with E-state index in [0.717, 1.165) is 68.7 Å². The Hall–Kier alpha value is -2.90. The molecule has 206 valence electrons. The summed E-state index contributed by atoms with van der Waals surface area (Å²) < 4.78 is 11.5. The summed E-state index contributed by atoms with van der Waals surface area (Å²) in [6.45, 7) is 9.04. The summed E-state index contributed by atoms with van der Waals surface area (Å²) in [6.07, 6.45) is 4.40. The van der Waals surface area contributed by atoms with Gasteiger partial charge in [0.1, 0.15) is 18.4 Å². The summed E-state index contributed by atoms with van der Waals surface area (Å²) in [5.41, 5.74) is 2.11. The van der Waals surface area contributed by atoms with E-state index in [-0.39, 0.29) is 17.9 Å². The first kappa shape index (κ1) is 28.1. The number of nitrogens with one attached hydrogen (secondary N) is 1. The Labute approximate surface area is 227 Å². The molecule has 2 fully saturated rings. The Balaban J connectivity index is 1.45. The number of rotatable bonds is 11. The molecule has 0 aliphatic carbocycles. The van der Waals surface area contributed by atoms with Crippen molar-refractivity contribution in [2.24, 2.45) is 5.92 Å². The van der Waals surface area contributed by atoms with E-state index < -0.39 is 6.04 Å². The molecule has 0 unspecified atom stereocenters. The van der Waals surface area contributed by atoms with Crippen LogP contribution in [0.4, 0.5) is 0 Å². The first-order valence-electron chi connectivity index (χ1n) is 14.2. The molecule has 0 radical (unpaired) electrons. The van der Waals surface area contributed by atoms with Crippen LogP contribution < -0.4 is 10.1 Å². The zero-order valence-electron chi connectivity index (χ0n) is 22.9. The van der Waals surface area contributed by atoms with Crippen molar-refractivity contribution in [1.82, 2.24) is 15.1 Å². The van der Waals surface area contributed by atoms with Crippen LogP contribution in [0.5, 0.6) is 5.75 Å². The number of hydrogen-bond donors (Lipinski definition) is 1. The molecule has 7 heteroatoms. The Morgan fingerprint density at radius 1 is 0.895 bits per heavy atom. The second kappa shape index (κ2) is 14.3. The minimum atomic E-state index is -0.590. The van der Waals surface area contributed by atoms with E-state index in [1.165, 1.54) is 0 Å². The number of morpholine rings is 1. The van der Waals surface area contributed by atoms with Crippen molar-refractivity contribution >= 4 is 11.8 Å². The van der Waals surface area contributed by atoms with Crippen molar-refractivity contribution in [2.45, 2.75) is 64.6 Å². The fraction of sp³-hybridized carbons (Fsp3) is 0.548. The zero-order valence-corrected chi connectivity index (χ0v) is 22.9. The number of benzene rings is 2. The minimum Gasteiger partial charge on any atom is -0.489 e. The Morgan fingerprint density at radius 2 is 1.58 bits per heavy atom. The molecule has 1 N–H and O–H groups in total. The van der Waals surface area contributed by atoms with Crippen LogP contribution in [-0.4, -0.2) is 73.1 Å². The first-order valence-corrected chi connectivity index (χ1v) is 14.2. The largest absolute Gasteiger partial charge is 0.489 e. The second-order valence-corrected chi connectivity index (χ2v) is 10.9. The van der Waals surface area contributed by atoms with Gasteiger partial charge in [0, 0.05) is 32.6 Å². The third-order valence-corrected chi connectivity index (χ3v) is 7.38. The van der Waals surface area contributed by atoms with Gasteiger partial charge in [0.2, 0.25) is 11.8 Å².